The molecule has 0 saturated heterocycles. The summed E-state index contributed by atoms with van der Waals surface area (Å²) < 4.78 is 5.92. The summed E-state index contributed by atoms with van der Waals surface area (Å²) in [5.74, 6) is 0.842. The van der Waals surface area contributed by atoms with E-state index in [-0.39, 0.29) is 23.3 Å². The van der Waals surface area contributed by atoms with Crippen molar-refractivity contribution in [2.75, 3.05) is 0 Å². The second kappa shape index (κ2) is 14.2. The SMILES string of the molecule is CC(=O)N[C@H](C)[C@@H](O)[C@@H](C)[C@@H]1OC(=O)/C=C/C=C(C)\C=C\[C@]2(C)[C@@H]3C[C@H](C)C[C@H](N)[C@@H]3CC[C@@H]2/C=C(C)/C=C/[C@H]1C. The molecule has 2 saturated carbocycles. The van der Waals surface area contributed by atoms with E-state index in [1.165, 1.54) is 25.0 Å². The van der Waals surface area contributed by atoms with E-state index in [4.69, 9.17) is 10.5 Å². The van der Waals surface area contributed by atoms with Crippen molar-refractivity contribution in [3.63, 3.8) is 0 Å². The number of ether oxygens (including phenoxy) is 1. The number of esters is 1. The van der Waals surface area contributed by atoms with Crippen LogP contribution in [0.2, 0.25) is 0 Å². The van der Waals surface area contributed by atoms with Crippen LogP contribution in [0.25, 0.3) is 0 Å². The van der Waals surface area contributed by atoms with Crippen LogP contribution in [0.15, 0.2) is 59.8 Å². The average molecular weight is 567 g/mol. The van der Waals surface area contributed by atoms with E-state index in [2.05, 4.69) is 63.4 Å². The number of carbonyl (C=O) groups is 2. The standard InChI is InChI=1S/C35H54N2O4/c1-21-10-9-11-32(39)41-34(25(5)33(40)26(6)37-27(7)38)24(4)13-12-22(2)18-28-14-15-29-30(35(28,8)17-16-21)19-23(3)20-31(29)36/h9-13,16-18,23-26,28-31,33-34,40H,14-15,19-20,36H2,1-8H3,(H,37,38)/b11-9+,13-12+,17-16+,21-10-,22-18+/t23-,24+,25+,26+,28+,29+,30+,31-,33-,34+,35-/m0/s1. The molecule has 0 spiro atoms. The van der Waals surface area contributed by atoms with Crippen molar-refractivity contribution in [2.24, 2.45) is 46.7 Å². The molecule has 2 aliphatic carbocycles. The third-order valence-corrected chi connectivity index (χ3v) is 10.0. The van der Waals surface area contributed by atoms with Gasteiger partial charge in [0.25, 0.3) is 0 Å². The predicted molar refractivity (Wildman–Crippen MR) is 167 cm³/mol. The quantitative estimate of drug-likeness (QED) is 0.360. The van der Waals surface area contributed by atoms with E-state index in [9.17, 15) is 14.7 Å². The summed E-state index contributed by atoms with van der Waals surface area (Å²) in [6.07, 6.45) is 19.5. The van der Waals surface area contributed by atoms with Crippen molar-refractivity contribution in [3.05, 3.63) is 59.8 Å². The summed E-state index contributed by atoms with van der Waals surface area (Å²) in [7, 11) is 0. The fourth-order valence-corrected chi connectivity index (χ4v) is 7.59. The molecule has 0 bridgehead atoms. The maximum atomic E-state index is 12.9. The molecule has 228 valence electrons. The number of hydrogen-bond donors (Lipinski definition) is 3. The Kier molecular flexibility index (Phi) is 11.4. The Labute approximate surface area is 248 Å². The molecule has 0 aromatic heterocycles. The van der Waals surface area contributed by atoms with Gasteiger partial charge < -0.3 is 20.9 Å². The maximum Gasteiger partial charge on any atom is 0.331 e. The van der Waals surface area contributed by atoms with Crippen LogP contribution in [-0.4, -0.2) is 41.3 Å². The van der Waals surface area contributed by atoms with Gasteiger partial charge in [-0.1, -0.05) is 81.4 Å². The van der Waals surface area contributed by atoms with Gasteiger partial charge in [-0.3, -0.25) is 4.79 Å². The van der Waals surface area contributed by atoms with E-state index in [1.54, 1.807) is 13.0 Å². The first-order chi connectivity index (χ1) is 19.2. The molecule has 1 aliphatic heterocycles. The lowest BCUT2D eigenvalue weighted by molar-refractivity contribution is -0.151. The molecule has 0 radical (unpaired) electrons. The number of hydrogen-bond acceptors (Lipinski definition) is 5. The zero-order valence-corrected chi connectivity index (χ0v) is 26.5. The van der Waals surface area contributed by atoms with Gasteiger partial charge in [0.2, 0.25) is 5.91 Å². The number of aliphatic hydroxyl groups is 1. The zero-order chi connectivity index (χ0) is 30.5. The minimum absolute atomic E-state index is 0.0221. The number of nitrogens with one attached hydrogen (secondary N) is 1. The van der Waals surface area contributed by atoms with Gasteiger partial charge in [-0.2, -0.15) is 0 Å². The smallest absolute Gasteiger partial charge is 0.331 e. The van der Waals surface area contributed by atoms with Crippen LogP contribution in [-0.2, 0) is 14.3 Å². The van der Waals surface area contributed by atoms with Crippen LogP contribution in [0.4, 0.5) is 0 Å². The summed E-state index contributed by atoms with van der Waals surface area (Å²) in [5, 5.41) is 13.8. The topological polar surface area (TPSA) is 102 Å². The summed E-state index contributed by atoms with van der Waals surface area (Å²) >= 11 is 0. The molecule has 41 heavy (non-hydrogen) atoms. The highest BCUT2D eigenvalue weighted by molar-refractivity contribution is 5.82. The number of aliphatic hydroxyl groups excluding tert-OH is 1. The van der Waals surface area contributed by atoms with E-state index in [1.807, 2.05) is 19.9 Å². The normalized spacial score (nSPS) is 41.9. The molecule has 3 aliphatic rings. The third kappa shape index (κ3) is 8.32. The second-order valence-electron chi connectivity index (χ2n) is 13.5. The number of nitrogens with two attached hydrogens (primary N) is 1. The molecule has 4 N–H and O–H groups in total. The van der Waals surface area contributed by atoms with Crippen LogP contribution in [0.3, 0.4) is 0 Å². The zero-order valence-electron chi connectivity index (χ0n) is 26.5. The molecule has 6 nitrogen and oxygen atoms in total. The highest BCUT2D eigenvalue weighted by Crippen LogP contribution is 2.55. The van der Waals surface area contributed by atoms with Gasteiger partial charge in [-0.15, -0.1) is 0 Å². The number of cyclic esters (lactones) is 1. The van der Waals surface area contributed by atoms with Crippen LogP contribution in [0.1, 0.15) is 81.1 Å². The fraction of sp³-hybridized carbons (Fsp3) is 0.657. The van der Waals surface area contributed by atoms with E-state index >= 15 is 0 Å². The van der Waals surface area contributed by atoms with Crippen molar-refractivity contribution in [1.29, 1.82) is 0 Å². The summed E-state index contributed by atoms with van der Waals surface area (Å²) in [6, 6.07) is -0.218. The third-order valence-electron chi connectivity index (χ3n) is 10.0. The molecule has 3 rings (SSSR count). The molecule has 11 atom stereocenters. The average Bonchev–Trinajstić information content (AvgIpc) is 2.89. The first-order valence-electron chi connectivity index (χ1n) is 15.5. The largest absolute Gasteiger partial charge is 0.458 e. The molecule has 1 heterocycles. The molecule has 6 heteroatoms. The molecule has 0 unspecified atom stereocenters. The Balaban J connectivity index is 2.00. The number of allylic oxidation sites excluding steroid dienone is 8. The van der Waals surface area contributed by atoms with Crippen molar-refractivity contribution in [1.82, 2.24) is 5.32 Å². The van der Waals surface area contributed by atoms with Gasteiger partial charge in [-0.05, 0) is 75.5 Å². The number of carbonyl (C=O) groups excluding carboxylic acids is 2. The van der Waals surface area contributed by atoms with E-state index in [0.29, 0.717) is 23.7 Å². The lowest BCUT2D eigenvalue weighted by Crippen LogP contribution is -2.52. The first kappa shape index (κ1) is 33.1. The highest BCUT2D eigenvalue weighted by Gasteiger charge is 2.50. The Morgan fingerprint density at radius 3 is 2.51 bits per heavy atom. The molecule has 0 aromatic rings. The lowest BCUT2D eigenvalue weighted by atomic mass is 9.51. The van der Waals surface area contributed by atoms with Crippen molar-refractivity contribution in [3.8, 4) is 0 Å². The van der Waals surface area contributed by atoms with Crippen molar-refractivity contribution < 1.29 is 19.4 Å². The summed E-state index contributed by atoms with van der Waals surface area (Å²) in [6.45, 7) is 16.0. The van der Waals surface area contributed by atoms with Gasteiger partial charge >= 0.3 is 5.97 Å². The Morgan fingerprint density at radius 2 is 1.83 bits per heavy atom. The van der Waals surface area contributed by atoms with Gasteiger partial charge in [0, 0.05) is 30.9 Å². The predicted octanol–water partition coefficient (Wildman–Crippen LogP) is 6.04. The van der Waals surface area contributed by atoms with Gasteiger partial charge in [-0.25, -0.2) is 4.79 Å². The maximum absolute atomic E-state index is 12.9. The summed E-state index contributed by atoms with van der Waals surface area (Å²) in [5.41, 5.74) is 8.95. The van der Waals surface area contributed by atoms with Crippen LogP contribution in [0, 0.1) is 40.9 Å². The fourth-order valence-electron chi connectivity index (χ4n) is 7.59. The summed E-state index contributed by atoms with van der Waals surface area (Å²) in [4.78, 5) is 24.5. The first-order valence-corrected chi connectivity index (χ1v) is 15.5. The molecule has 0 aromatic carbocycles. The Bertz CT molecular complexity index is 1090. The van der Waals surface area contributed by atoms with Gasteiger partial charge in [0.15, 0.2) is 0 Å². The molecular weight excluding hydrogens is 512 g/mol. The van der Waals surface area contributed by atoms with Crippen molar-refractivity contribution in [2.45, 2.75) is 105 Å². The van der Waals surface area contributed by atoms with Gasteiger partial charge in [0.05, 0.1) is 12.1 Å². The van der Waals surface area contributed by atoms with E-state index in [0.717, 1.165) is 24.8 Å². The monoisotopic (exact) mass is 566 g/mol. The molecule has 2 fully saturated rings. The minimum Gasteiger partial charge on any atom is -0.458 e. The second-order valence-corrected chi connectivity index (χ2v) is 13.5. The number of amides is 1. The highest BCUT2D eigenvalue weighted by atomic mass is 16.5. The van der Waals surface area contributed by atoms with Crippen LogP contribution >= 0.6 is 0 Å². The van der Waals surface area contributed by atoms with Crippen LogP contribution in [0.5, 0.6) is 0 Å². The molecule has 1 amide bonds. The number of fused-ring (bicyclic) bond motifs is 3. The Hall–Kier alpha value is -2.44. The van der Waals surface area contributed by atoms with Crippen molar-refractivity contribution >= 4 is 11.9 Å². The Morgan fingerprint density at radius 1 is 1.12 bits per heavy atom. The number of rotatable bonds is 4. The van der Waals surface area contributed by atoms with E-state index < -0.39 is 30.1 Å². The molecular formula is C35H54N2O4. The van der Waals surface area contributed by atoms with Gasteiger partial charge in [0.1, 0.15) is 6.10 Å². The van der Waals surface area contributed by atoms with Crippen LogP contribution < -0.4 is 11.1 Å². The minimum atomic E-state index is -0.883. The lowest BCUT2D eigenvalue weighted by Gasteiger charge is -2.54.